The van der Waals surface area contributed by atoms with Crippen LogP contribution in [-0.4, -0.2) is 12.8 Å². The predicted molar refractivity (Wildman–Crippen MR) is 52.2 cm³/mol. The van der Waals surface area contributed by atoms with E-state index in [9.17, 15) is 0 Å². The van der Waals surface area contributed by atoms with Gasteiger partial charge < -0.3 is 0 Å². The summed E-state index contributed by atoms with van der Waals surface area (Å²) in [6.45, 7) is 6.98. The number of aliphatic imine (C=N–C) groups is 1. The van der Waals surface area contributed by atoms with E-state index in [1.54, 1.807) is 0 Å². The summed E-state index contributed by atoms with van der Waals surface area (Å²) < 4.78 is 0. The average molecular weight is 151 g/mol. The molecule has 62 valence electrons. The van der Waals surface area contributed by atoms with Gasteiger partial charge >= 0.3 is 0 Å². The highest BCUT2D eigenvalue weighted by Crippen LogP contribution is 1.96. The average Bonchev–Trinajstić information content (AvgIpc) is 1.99. The standard InChI is InChI=1S/C10H17N/c1-4-7-10(3)8-6-9-11-5-2/h5-8H,4,9H2,1-3H3/b8-6-,10-7-,11-5?. The van der Waals surface area contributed by atoms with Gasteiger partial charge in [0.05, 0.1) is 6.54 Å². The first-order valence-corrected chi connectivity index (χ1v) is 4.09. The molecule has 0 N–H and O–H groups in total. The van der Waals surface area contributed by atoms with E-state index in [2.05, 4.69) is 37.1 Å². The predicted octanol–water partition coefficient (Wildman–Crippen LogP) is 2.99. The van der Waals surface area contributed by atoms with Crippen molar-refractivity contribution in [3.05, 3.63) is 23.8 Å². The summed E-state index contributed by atoms with van der Waals surface area (Å²) in [7, 11) is 0. The summed E-state index contributed by atoms with van der Waals surface area (Å²) in [6, 6.07) is 0. The molecule has 0 amide bonds. The lowest BCUT2D eigenvalue weighted by atomic mass is 10.2. The third-order valence-corrected chi connectivity index (χ3v) is 1.30. The Morgan fingerprint density at radius 1 is 1.45 bits per heavy atom. The number of allylic oxidation sites excluding steroid dienone is 3. The van der Waals surface area contributed by atoms with Crippen molar-refractivity contribution in [2.24, 2.45) is 4.99 Å². The number of hydrogen-bond acceptors (Lipinski definition) is 1. The Hall–Kier alpha value is -0.850. The zero-order chi connectivity index (χ0) is 8.53. The molecule has 0 bridgehead atoms. The van der Waals surface area contributed by atoms with Crippen molar-refractivity contribution in [2.45, 2.75) is 27.2 Å². The van der Waals surface area contributed by atoms with E-state index in [0.29, 0.717) is 0 Å². The normalized spacial score (nSPS) is 13.5. The molecular formula is C10H17N. The highest BCUT2D eigenvalue weighted by atomic mass is 14.7. The largest absolute Gasteiger partial charge is 0.294 e. The van der Waals surface area contributed by atoms with E-state index in [4.69, 9.17) is 0 Å². The molecule has 0 saturated carbocycles. The van der Waals surface area contributed by atoms with Crippen LogP contribution in [0.1, 0.15) is 27.2 Å². The van der Waals surface area contributed by atoms with E-state index in [1.807, 2.05) is 13.1 Å². The van der Waals surface area contributed by atoms with Gasteiger partial charge in [-0.25, -0.2) is 0 Å². The smallest absolute Gasteiger partial charge is 0.0569 e. The maximum absolute atomic E-state index is 4.06. The van der Waals surface area contributed by atoms with Crippen LogP contribution in [0.5, 0.6) is 0 Å². The molecule has 1 heteroatoms. The minimum Gasteiger partial charge on any atom is -0.294 e. The molecule has 0 fully saturated rings. The maximum atomic E-state index is 4.06. The third kappa shape index (κ3) is 7.04. The molecule has 1 nitrogen and oxygen atoms in total. The molecule has 0 aromatic rings. The second-order valence-electron chi connectivity index (χ2n) is 2.38. The summed E-state index contributed by atoms with van der Waals surface area (Å²) in [5, 5.41) is 0. The van der Waals surface area contributed by atoms with E-state index in [-0.39, 0.29) is 0 Å². The molecule has 0 aromatic carbocycles. The Bertz CT molecular complexity index is 164. The monoisotopic (exact) mass is 151 g/mol. The van der Waals surface area contributed by atoms with Gasteiger partial charge in [0.1, 0.15) is 0 Å². The maximum Gasteiger partial charge on any atom is 0.0569 e. The molecule has 0 heterocycles. The van der Waals surface area contributed by atoms with Gasteiger partial charge in [-0.1, -0.05) is 30.7 Å². The fraction of sp³-hybridized carbons (Fsp3) is 0.500. The van der Waals surface area contributed by atoms with Crippen molar-refractivity contribution < 1.29 is 0 Å². The summed E-state index contributed by atoms with van der Waals surface area (Å²) >= 11 is 0. The quantitative estimate of drug-likeness (QED) is 0.432. The second-order valence-corrected chi connectivity index (χ2v) is 2.38. The van der Waals surface area contributed by atoms with Crippen molar-refractivity contribution in [2.75, 3.05) is 6.54 Å². The Morgan fingerprint density at radius 2 is 2.18 bits per heavy atom. The van der Waals surface area contributed by atoms with Gasteiger partial charge in [0.2, 0.25) is 0 Å². The van der Waals surface area contributed by atoms with Crippen LogP contribution in [0.3, 0.4) is 0 Å². The highest BCUT2D eigenvalue weighted by molar-refractivity contribution is 5.53. The molecule has 0 aliphatic rings. The van der Waals surface area contributed by atoms with Crippen LogP contribution in [0.15, 0.2) is 28.8 Å². The van der Waals surface area contributed by atoms with Gasteiger partial charge in [0.25, 0.3) is 0 Å². The molecule has 0 aliphatic carbocycles. The molecular weight excluding hydrogens is 134 g/mol. The summed E-state index contributed by atoms with van der Waals surface area (Å²) in [4.78, 5) is 4.06. The van der Waals surface area contributed by atoms with Crippen molar-refractivity contribution in [3.8, 4) is 0 Å². The first-order chi connectivity index (χ1) is 5.31. The lowest BCUT2D eigenvalue weighted by Gasteiger charge is -1.88. The first-order valence-electron chi connectivity index (χ1n) is 4.09. The Balaban J connectivity index is 3.64. The van der Waals surface area contributed by atoms with E-state index < -0.39 is 0 Å². The lowest BCUT2D eigenvalue weighted by Crippen LogP contribution is -1.73. The van der Waals surface area contributed by atoms with Crippen LogP contribution < -0.4 is 0 Å². The van der Waals surface area contributed by atoms with Crippen LogP contribution in [0.2, 0.25) is 0 Å². The molecule has 0 rings (SSSR count). The van der Waals surface area contributed by atoms with Crippen LogP contribution >= 0.6 is 0 Å². The van der Waals surface area contributed by atoms with Crippen molar-refractivity contribution >= 4 is 6.21 Å². The zero-order valence-corrected chi connectivity index (χ0v) is 7.67. The molecule has 0 aliphatic heterocycles. The van der Waals surface area contributed by atoms with Crippen LogP contribution in [0, 0.1) is 0 Å². The summed E-state index contributed by atoms with van der Waals surface area (Å²) in [6.07, 6.45) is 9.31. The van der Waals surface area contributed by atoms with Crippen molar-refractivity contribution in [3.63, 3.8) is 0 Å². The Morgan fingerprint density at radius 3 is 2.73 bits per heavy atom. The van der Waals surface area contributed by atoms with Crippen LogP contribution in [-0.2, 0) is 0 Å². The van der Waals surface area contributed by atoms with Crippen LogP contribution in [0.25, 0.3) is 0 Å². The van der Waals surface area contributed by atoms with Crippen molar-refractivity contribution in [1.29, 1.82) is 0 Å². The number of nitrogens with zero attached hydrogens (tertiary/aromatic N) is 1. The van der Waals surface area contributed by atoms with Gasteiger partial charge in [-0.05, 0) is 26.5 Å². The third-order valence-electron chi connectivity index (χ3n) is 1.30. The van der Waals surface area contributed by atoms with Crippen LogP contribution in [0.4, 0.5) is 0 Å². The molecule has 0 atom stereocenters. The molecule has 0 aromatic heterocycles. The highest BCUT2D eigenvalue weighted by Gasteiger charge is 1.77. The molecule has 0 radical (unpaired) electrons. The molecule has 11 heavy (non-hydrogen) atoms. The van der Waals surface area contributed by atoms with Gasteiger partial charge in [0.15, 0.2) is 0 Å². The SMILES string of the molecule is CC=NC/C=C\C(C)=C/CC. The molecule has 0 unspecified atom stereocenters. The van der Waals surface area contributed by atoms with E-state index in [0.717, 1.165) is 13.0 Å². The Labute approximate surface area is 69.5 Å². The minimum absolute atomic E-state index is 0.797. The topological polar surface area (TPSA) is 12.4 Å². The Kier molecular flexibility index (Phi) is 6.70. The fourth-order valence-corrected chi connectivity index (χ4v) is 0.795. The first kappa shape index (κ1) is 10.2. The number of hydrogen-bond donors (Lipinski definition) is 0. The van der Waals surface area contributed by atoms with Gasteiger partial charge in [-0.3, -0.25) is 4.99 Å². The van der Waals surface area contributed by atoms with E-state index in [1.165, 1.54) is 5.57 Å². The van der Waals surface area contributed by atoms with Gasteiger partial charge in [0, 0.05) is 0 Å². The van der Waals surface area contributed by atoms with Gasteiger partial charge in [-0.2, -0.15) is 0 Å². The molecule has 0 saturated heterocycles. The summed E-state index contributed by atoms with van der Waals surface area (Å²) in [5.41, 5.74) is 1.32. The van der Waals surface area contributed by atoms with Gasteiger partial charge in [-0.15, -0.1) is 0 Å². The minimum atomic E-state index is 0.797. The van der Waals surface area contributed by atoms with Crippen molar-refractivity contribution in [1.82, 2.24) is 0 Å². The molecule has 0 spiro atoms. The summed E-state index contributed by atoms with van der Waals surface area (Å²) in [5.74, 6) is 0. The second kappa shape index (κ2) is 7.26. The zero-order valence-electron chi connectivity index (χ0n) is 7.67. The lowest BCUT2D eigenvalue weighted by molar-refractivity contribution is 1.19. The number of rotatable bonds is 4. The van der Waals surface area contributed by atoms with E-state index >= 15 is 0 Å². The fourth-order valence-electron chi connectivity index (χ4n) is 0.795.